The van der Waals surface area contributed by atoms with Crippen molar-refractivity contribution in [1.29, 1.82) is 0 Å². The first-order valence-corrected chi connectivity index (χ1v) is 18.2. The number of hydrogen-bond donors (Lipinski definition) is 0. The molecule has 2 aromatic carbocycles. The molecule has 0 N–H and O–H groups in total. The fraction of sp³-hybridized carbons (Fsp3) is 0.484. The Morgan fingerprint density at radius 1 is 0.951 bits per heavy atom. The predicted octanol–water partition coefficient (Wildman–Crippen LogP) is 4.94. The lowest BCUT2D eigenvalue weighted by molar-refractivity contribution is -0.122. The summed E-state index contributed by atoms with van der Waals surface area (Å²) in [5.74, 6) is 0.407. The van der Waals surface area contributed by atoms with E-state index in [0.717, 1.165) is 42.5 Å². The van der Waals surface area contributed by atoms with Crippen LogP contribution in [0, 0.1) is 5.92 Å². The Morgan fingerprint density at radius 2 is 1.66 bits per heavy atom. The molecule has 0 bridgehead atoms. The highest BCUT2D eigenvalue weighted by atomic mass is 32.2. The lowest BCUT2D eigenvalue weighted by Gasteiger charge is -2.30. The van der Waals surface area contributed by atoms with E-state index in [1.54, 1.807) is 24.3 Å². The molecule has 1 saturated carbocycles. The fourth-order valence-corrected chi connectivity index (χ4v) is 7.69. The number of rotatable bonds is 11. The maximum Gasteiger partial charge on any atom is 0.230 e. The van der Waals surface area contributed by atoms with Gasteiger partial charge in [0.15, 0.2) is 9.84 Å². The Morgan fingerprint density at radius 3 is 2.32 bits per heavy atom. The van der Waals surface area contributed by atoms with Gasteiger partial charge in [-0.3, -0.25) is 9.48 Å². The van der Waals surface area contributed by atoms with Crippen LogP contribution < -0.4 is 4.90 Å². The number of aryl methyl sites for hydroxylation is 2. The maximum absolute atomic E-state index is 13.8. The molecular weight excluding hydrogens is 558 g/mol. The molecule has 1 aliphatic carbocycles. The van der Waals surface area contributed by atoms with E-state index in [-0.39, 0.29) is 28.2 Å². The van der Waals surface area contributed by atoms with Crippen LogP contribution in [0.25, 0.3) is 11.1 Å². The molecule has 5 rings (SSSR count). The van der Waals surface area contributed by atoms with Crippen molar-refractivity contribution in [3.8, 4) is 11.1 Å². The maximum atomic E-state index is 13.8. The van der Waals surface area contributed by atoms with Crippen molar-refractivity contribution in [3.05, 3.63) is 66.0 Å². The average Bonchev–Trinajstić information content (AvgIpc) is 3.73. The third-order valence-electron chi connectivity index (χ3n) is 8.25. The van der Waals surface area contributed by atoms with Gasteiger partial charge in [-0.2, -0.15) is 5.10 Å². The van der Waals surface area contributed by atoms with Crippen molar-refractivity contribution in [2.75, 3.05) is 29.2 Å². The fourth-order valence-electron chi connectivity index (χ4n) is 5.57. The summed E-state index contributed by atoms with van der Waals surface area (Å²) >= 11 is 0. The second-order valence-corrected chi connectivity index (χ2v) is 15.9. The molecule has 1 aliphatic heterocycles. The average molecular weight is 598 g/mol. The highest BCUT2D eigenvalue weighted by molar-refractivity contribution is 7.91. The standard InChI is InChI=1S/C31H39N3O5S2/c1-33-27(22-30(32-33)24-10-11-24)8-4-3-5-18-34(31(35)25-16-19-41(38,39)20-17-25)28-9-6-7-26(21-28)23-12-14-29(15-13-23)40(2,36)37/h6-7,9,12-15,21-22,24-25H,3-5,8,10-11,16-20H2,1-2H3. The van der Waals surface area contributed by atoms with Gasteiger partial charge in [0.2, 0.25) is 5.91 Å². The first-order chi connectivity index (χ1) is 19.5. The van der Waals surface area contributed by atoms with Crippen molar-refractivity contribution >= 4 is 31.3 Å². The van der Waals surface area contributed by atoms with Gasteiger partial charge in [0.05, 0.1) is 22.1 Å². The molecule has 0 radical (unpaired) electrons. The van der Waals surface area contributed by atoms with Gasteiger partial charge >= 0.3 is 0 Å². The van der Waals surface area contributed by atoms with Gasteiger partial charge in [0.25, 0.3) is 0 Å². The number of carbonyl (C=O) groups is 1. The molecule has 1 amide bonds. The van der Waals surface area contributed by atoms with E-state index in [9.17, 15) is 21.6 Å². The minimum atomic E-state index is -3.29. The van der Waals surface area contributed by atoms with Crippen LogP contribution in [0.5, 0.6) is 0 Å². The molecule has 2 heterocycles. The van der Waals surface area contributed by atoms with Gasteiger partial charge in [-0.05, 0) is 86.4 Å². The summed E-state index contributed by atoms with van der Waals surface area (Å²) in [4.78, 5) is 15.9. The molecule has 0 unspecified atom stereocenters. The summed E-state index contributed by atoms with van der Waals surface area (Å²) < 4.78 is 49.8. The Bertz CT molecular complexity index is 1590. The highest BCUT2D eigenvalue weighted by Crippen LogP contribution is 2.39. The zero-order chi connectivity index (χ0) is 29.2. The van der Waals surface area contributed by atoms with Crippen LogP contribution in [0.3, 0.4) is 0 Å². The quantitative estimate of drug-likeness (QED) is 0.290. The first kappa shape index (κ1) is 29.5. The third kappa shape index (κ3) is 7.46. The number of sulfone groups is 2. The van der Waals surface area contributed by atoms with Crippen LogP contribution >= 0.6 is 0 Å². The van der Waals surface area contributed by atoms with Gasteiger partial charge in [0, 0.05) is 43.1 Å². The minimum Gasteiger partial charge on any atom is -0.312 e. The molecule has 2 fully saturated rings. The Hall–Kier alpha value is -2.98. The van der Waals surface area contributed by atoms with Crippen molar-refractivity contribution in [3.63, 3.8) is 0 Å². The summed E-state index contributed by atoms with van der Waals surface area (Å²) in [6.07, 6.45) is 8.11. The van der Waals surface area contributed by atoms with E-state index in [2.05, 4.69) is 11.2 Å². The molecule has 0 spiro atoms. The van der Waals surface area contributed by atoms with Crippen LogP contribution in [-0.4, -0.2) is 56.8 Å². The molecule has 8 nitrogen and oxygen atoms in total. The molecule has 2 aliphatic rings. The van der Waals surface area contributed by atoms with Gasteiger partial charge < -0.3 is 4.90 Å². The Kier molecular flexibility index (Phi) is 8.70. The predicted molar refractivity (Wildman–Crippen MR) is 161 cm³/mol. The van der Waals surface area contributed by atoms with E-state index in [1.165, 1.54) is 30.5 Å². The number of aromatic nitrogens is 2. The lowest BCUT2D eigenvalue weighted by Crippen LogP contribution is -2.40. The second kappa shape index (κ2) is 12.1. The van der Waals surface area contributed by atoms with Gasteiger partial charge in [-0.1, -0.05) is 30.7 Å². The number of anilines is 1. The van der Waals surface area contributed by atoms with Crippen LogP contribution in [0.15, 0.2) is 59.5 Å². The molecule has 220 valence electrons. The number of amides is 1. The summed E-state index contributed by atoms with van der Waals surface area (Å²) in [7, 11) is -4.35. The zero-order valence-electron chi connectivity index (χ0n) is 23.8. The van der Waals surface area contributed by atoms with E-state index in [0.29, 0.717) is 25.3 Å². The van der Waals surface area contributed by atoms with E-state index in [4.69, 9.17) is 0 Å². The zero-order valence-corrected chi connectivity index (χ0v) is 25.5. The van der Waals surface area contributed by atoms with Gasteiger partial charge in [0.1, 0.15) is 9.84 Å². The van der Waals surface area contributed by atoms with Crippen molar-refractivity contribution in [1.82, 2.24) is 9.78 Å². The second-order valence-electron chi connectivity index (χ2n) is 11.5. The Labute approximate surface area is 243 Å². The smallest absolute Gasteiger partial charge is 0.230 e. The Balaban J connectivity index is 1.29. The normalized spacial score (nSPS) is 17.4. The van der Waals surface area contributed by atoms with Crippen molar-refractivity contribution < 1.29 is 21.6 Å². The first-order valence-electron chi connectivity index (χ1n) is 14.5. The van der Waals surface area contributed by atoms with Crippen LogP contribution in [0.1, 0.15) is 62.3 Å². The van der Waals surface area contributed by atoms with E-state index >= 15 is 0 Å². The largest absolute Gasteiger partial charge is 0.312 e. The van der Waals surface area contributed by atoms with Gasteiger partial charge in [-0.15, -0.1) is 0 Å². The lowest BCUT2D eigenvalue weighted by atomic mass is 9.99. The van der Waals surface area contributed by atoms with Crippen LogP contribution in [0.4, 0.5) is 5.69 Å². The number of benzene rings is 2. The summed E-state index contributed by atoms with van der Waals surface area (Å²) in [6, 6.07) is 16.7. The molecule has 1 saturated heterocycles. The molecule has 1 aromatic heterocycles. The summed E-state index contributed by atoms with van der Waals surface area (Å²) in [6.45, 7) is 0.553. The van der Waals surface area contributed by atoms with Crippen LogP contribution in [-0.2, 0) is 37.9 Å². The molecule has 41 heavy (non-hydrogen) atoms. The van der Waals surface area contributed by atoms with Crippen LogP contribution in [0.2, 0.25) is 0 Å². The summed E-state index contributed by atoms with van der Waals surface area (Å²) in [5, 5.41) is 4.67. The topological polar surface area (TPSA) is 106 Å². The van der Waals surface area contributed by atoms with E-state index in [1.807, 2.05) is 40.9 Å². The molecular formula is C31H39N3O5S2. The number of nitrogens with zero attached hydrogens (tertiary/aromatic N) is 3. The molecule has 3 aromatic rings. The number of unbranched alkanes of at least 4 members (excludes halogenated alkanes) is 2. The molecule has 0 atom stereocenters. The molecule has 10 heteroatoms. The SMILES string of the molecule is Cn1nc(C2CC2)cc1CCCCCN(C(=O)C1CCS(=O)(=O)CC1)c1cccc(-c2ccc(S(C)(=O)=O)cc2)c1. The third-order valence-corrected chi connectivity index (χ3v) is 11.1. The number of carbonyl (C=O) groups excluding carboxylic acids is 1. The van der Waals surface area contributed by atoms with Crippen molar-refractivity contribution in [2.45, 2.75) is 62.2 Å². The van der Waals surface area contributed by atoms with Gasteiger partial charge in [-0.25, -0.2) is 16.8 Å². The summed E-state index contributed by atoms with van der Waals surface area (Å²) in [5.41, 5.74) is 4.97. The highest BCUT2D eigenvalue weighted by Gasteiger charge is 2.32. The minimum absolute atomic E-state index is 0.0230. The monoisotopic (exact) mass is 597 g/mol. The van der Waals surface area contributed by atoms with E-state index < -0.39 is 19.7 Å². The van der Waals surface area contributed by atoms with Crippen molar-refractivity contribution in [2.24, 2.45) is 13.0 Å². The number of hydrogen-bond acceptors (Lipinski definition) is 6.